The molecule has 1 saturated carbocycles. The average molecular weight is 665 g/mol. The molecule has 1 aliphatic carbocycles. The zero-order valence-corrected chi connectivity index (χ0v) is 22.6. The highest BCUT2D eigenvalue weighted by atomic mass is 80.0. The van der Waals surface area contributed by atoms with Crippen LogP contribution in [0.1, 0.15) is 19.4 Å². The van der Waals surface area contributed by atoms with Gasteiger partial charge >= 0.3 is 5.97 Å². The smallest absolute Gasteiger partial charge is 0.327 e. The Morgan fingerprint density at radius 3 is 2.37 bits per heavy atom. The van der Waals surface area contributed by atoms with Crippen molar-refractivity contribution < 1.29 is 14.3 Å². The highest BCUT2D eigenvalue weighted by Crippen LogP contribution is 2.74. The summed E-state index contributed by atoms with van der Waals surface area (Å²) < 4.78 is 10.8. The van der Waals surface area contributed by atoms with Crippen molar-refractivity contribution in [2.45, 2.75) is 27.4 Å². The van der Waals surface area contributed by atoms with E-state index in [9.17, 15) is 10.1 Å². The lowest BCUT2D eigenvalue weighted by Crippen LogP contribution is -2.27. The number of esters is 1. The number of carbonyl (C=O) groups is 1. The Bertz CT molecular complexity index is 968. The lowest BCUT2D eigenvalue weighted by atomic mass is 9.98. The molecule has 4 nitrogen and oxygen atoms in total. The molecule has 3 unspecified atom stereocenters. The van der Waals surface area contributed by atoms with E-state index in [1.165, 1.54) is 0 Å². The Hall–Kier alpha value is -0.880. The SMILES string of the molecule is CC1(C)C(C(Br)C(Br)(Br)Br)C1(C#N)C(=O)OCc1cccc(Oc2ccccc2)c1. The molecule has 1 fully saturated rings. The summed E-state index contributed by atoms with van der Waals surface area (Å²) in [6.07, 6.45) is 0. The van der Waals surface area contributed by atoms with Crippen molar-refractivity contribution in [2.75, 3.05) is 0 Å². The van der Waals surface area contributed by atoms with E-state index in [4.69, 9.17) is 9.47 Å². The molecule has 0 amide bonds. The normalized spacial score (nSPS) is 23.2. The second-order valence-corrected chi connectivity index (χ2v) is 15.6. The molecule has 0 saturated heterocycles. The molecule has 2 aromatic carbocycles. The number of nitriles is 1. The van der Waals surface area contributed by atoms with Gasteiger partial charge in [0.05, 0.1) is 10.9 Å². The number of nitrogens with zero attached hydrogens (tertiary/aromatic N) is 1. The summed E-state index contributed by atoms with van der Waals surface area (Å²) in [7, 11) is 0. The fraction of sp³-hybridized carbons (Fsp3) is 0.364. The van der Waals surface area contributed by atoms with Crippen LogP contribution in [0.3, 0.4) is 0 Å². The van der Waals surface area contributed by atoms with Gasteiger partial charge in [0, 0.05) is 11.3 Å². The number of benzene rings is 2. The maximum absolute atomic E-state index is 13.0. The van der Waals surface area contributed by atoms with Crippen LogP contribution in [-0.2, 0) is 16.1 Å². The minimum atomic E-state index is -1.24. The van der Waals surface area contributed by atoms with E-state index in [0.717, 1.165) is 11.3 Å². The van der Waals surface area contributed by atoms with Crippen molar-refractivity contribution in [1.29, 1.82) is 5.26 Å². The highest BCUT2D eigenvalue weighted by molar-refractivity contribution is 9.40. The zero-order chi connectivity index (χ0) is 22.2. The molecule has 0 bridgehead atoms. The summed E-state index contributed by atoms with van der Waals surface area (Å²) in [4.78, 5) is 12.8. The number of rotatable bonds is 6. The highest BCUT2D eigenvalue weighted by Gasteiger charge is 2.80. The molecule has 0 aliphatic heterocycles. The molecule has 0 radical (unpaired) electrons. The topological polar surface area (TPSA) is 59.3 Å². The number of hydrogen-bond donors (Lipinski definition) is 0. The van der Waals surface area contributed by atoms with Crippen LogP contribution in [0.2, 0.25) is 0 Å². The van der Waals surface area contributed by atoms with E-state index >= 15 is 0 Å². The standard InChI is InChI=1S/C22H19Br4NO3/c1-20(2)17(18(23)22(24,25)26)21(20,13-27)19(28)29-12-14-7-6-10-16(11-14)30-15-8-4-3-5-9-15/h3-11,17-18H,12H2,1-2H3. The maximum Gasteiger partial charge on any atom is 0.327 e. The van der Waals surface area contributed by atoms with Crippen LogP contribution in [0.15, 0.2) is 54.6 Å². The molecular weight excluding hydrogens is 646 g/mol. The fourth-order valence-corrected chi connectivity index (χ4v) is 5.66. The summed E-state index contributed by atoms with van der Waals surface area (Å²) in [5.74, 6) is 0.602. The van der Waals surface area contributed by atoms with Gasteiger partial charge in [0.2, 0.25) is 0 Å². The second kappa shape index (κ2) is 8.93. The summed E-state index contributed by atoms with van der Waals surface area (Å²) in [5, 5.41) is 9.92. The summed E-state index contributed by atoms with van der Waals surface area (Å²) in [6, 6.07) is 19.0. The van der Waals surface area contributed by atoms with Gasteiger partial charge in [0.15, 0.2) is 5.41 Å². The number of hydrogen-bond acceptors (Lipinski definition) is 4. The molecule has 30 heavy (non-hydrogen) atoms. The van der Waals surface area contributed by atoms with Crippen molar-refractivity contribution in [2.24, 2.45) is 16.7 Å². The predicted octanol–water partition coefficient (Wildman–Crippen LogP) is 7.29. The molecule has 1 aliphatic rings. The van der Waals surface area contributed by atoms with Crippen molar-refractivity contribution in [3.05, 3.63) is 60.2 Å². The Labute approximate surface area is 209 Å². The van der Waals surface area contributed by atoms with E-state index < -0.39 is 18.9 Å². The first-order valence-electron chi connectivity index (χ1n) is 9.15. The van der Waals surface area contributed by atoms with Crippen LogP contribution in [-0.4, -0.2) is 12.9 Å². The summed E-state index contributed by atoms with van der Waals surface area (Å²) in [5.41, 5.74) is -1.00. The van der Waals surface area contributed by atoms with Crippen LogP contribution < -0.4 is 4.74 Å². The van der Waals surface area contributed by atoms with Gasteiger partial charge in [-0.1, -0.05) is 108 Å². The number of para-hydroxylation sites is 1. The zero-order valence-electron chi connectivity index (χ0n) is 16.2. The third kappa shape index (κ3) is 4.50. The minimum Gasteiger partial charge on any atom is -0.460 e. The maximum atomic E-state index is 13.0. The molecule has 3 rings (SSSR count). The van der Waals surface area contributed by atoms with Crippen LogP contribution in [0.25, 0.3) is 0 Å². The first kappa shape index (κ1) is 23.8. The molecule has 0 heterocycles. The quantitative estimate of drug-likeness (QED) is 0.241. The third-order valence-corrected chi connectivity index (χ3v) is 10.1. The number of carbonyl (C=O) groups excluding carboxylic acids is 1. The van der Waals surface area contributed by atoms with E-state index in [-0.39, 0.29) is 17.4 Å². The van der Waals surface area contributed by atoms with Gasteiger partial charge in [-0.3, -0.25) is 4.79 Å². The Balaban J connectivity index is 1.71. The fourth-order valence-electron chi connectivity index (χ4n) is 3.81. The number of ether oxygens (including phenoxy) is 2. The molecular formula is C22H19Br4NO3. The second-order valence-electron chi connectivity index (χ2n) is 7.70. The molecule has 2 aromatic rings. The van der Waals surface area contributed by atoms with Crippen molar-refractivity contribution in [3.8, 4) is 17.6 Å². The van der Waals surface area contributed by atoms with Gasteiger partial charge in [-0.2, -0.15) is 5.26 Å². The first-order valence-corrected chi connectivity index (χ1v) is 12.4. The van der Waals surface area contributed by atoms with Gasteiger partial charge in [0.1, 0.15) is 20.2 Å². The third-order valence-electron chi connectivity index (χ3n) is 5.53. The van der Waals surface area contributed by atoms with Crippen molar-refractivity contribution in [1.82, 2.24) is 0 Å². The average Bonchev–Trinajstić information content (AvgIpc) is 3.21. The van der Waals surface area contributed by atoms with Crippen LogP contribution in [0.5, 0.6) is 11.5 Å². The minimum absolute atomic E-state index is 0.0616. The van der Waals surface area contributed by atoms with Gasteiger partial charge < -0.3 is 9.47 Å². The first-order chi connectivity index (χ1) is 14.0. The van der Waals surface area contributed by atoms with Crippen molar-refractivity contribution in [3.63, 3.8) is 0 Å². The predicted molar refractivity (Wildman–Crippen MR) is 130 cm³/mol. The van der Waals surface area contributed by atoms with Crippen LogP contribution >= 0.6 is 63.7 Å². The summed E-state index contributed by atoms with van der Waals surface area (Å²) in [6.45, 7) is 3.87. The van der Waals surface area contributed by atoms with Gasteiger partial charge in [0.25, 0.3) is 0 Å². The van der Waals surface area contributed by atoms with E-state index in [2.05, 4.69) is 69.8 Å². The monoisotopic (exact) mass is 661 g/mol. The largest absolute Gasteiger partial charge is 0.460 e. The van der Waals surface area contributed by atoms with Gasteiger partial charge in [-0.15, -0.1) is 0 Å². The Kier molecular flexibility index (Phi) is 7.08. The molecule has 158 valence electrons. The Morgan fingerprint density at radius 1 is 1.13 bits per heavy atom. The molecule has 3 atom stereocenters. The summed E-state index contributed by atoms with van der Waals surface area (Å²) >= 11 is 14.1. The van der Waals surface area contributed by atoms with E-state index in [1.807, 2.05) is 68.4 Å². The number of alkyl halides is 4. The Morgan fingerprint density at radius 2 is 1.77 bits per heavy atom. The van der Waals surface area contributed by atoms with Crippen LogP contribution in [0, 0.1) is 28.1 Å². The van der Waals surface area contributed by atoms with Crippen molar-refractivity contribution >= 4 is 69.7 Å². The lowest BCUT2D eigenvalue weighted by molar-refractivity contribution is -0.150. The molecule has 0 aromatic heterocycles. The van der Waals surface area contributed by atoms with Gasteiger partial charge in [-0.05, 0) is 29.8 Å². The lowest BCUT2D eigenvalue weighted by Gasteiger charge is -2.21. The molecule has 0 N–H and O–H groups in total. The molecule has 8 heteroatoms. The number of halogens is 4. The van der Waals surface area contributed by atoms with Gasteiger partial charge in [-0.25, -0.2) is 0 Å². The van der Waals surface area contributed by atoms with Crippen LogP contribution in [0.4, 0.5) is 0 Å². The van der Waals surface area contributed by atoms with E-state index in [0.29, 0.717) is 5.75 Å². The van der Waals surface area contributed by atoms with E-state index in [1.54, 1.807) is 0 Å². The molecule has 0 spiro atoms.